The molecule has 1 atom stereocenters. The van der Waals surface area contributed by atoms with E-state index < -0.39 is 0 Å². The highest BCUT2D eigenvalue weighted by molar-refractivity contribution is 6.18. The van der Waals surface area contributed by atoms with Crippen LogP contribution >= 0.6 is 23.2 Å². The Morgan fingerprint density at radius 1 is 0.750 bits per heavy atom. The second kappa shape index (κ2) is 17.5. The number of unbranched alkanes of at least 4 members (excludes halogenated alkanes) is 6. The monoisotopic (exact) mass is 328 g/mol. The Morgan fingerprint density at radius 3 is 1.85 bits per heavy atom. The van der Waals surface area contributed by atoms with E-state index in [0.29, 0.717) is 13.2 Å². The quantitative estimate of drug-likeness (QED) is 0.344. The number of aliphatic hydroxyl groups excluding tert-OH is 1. The summed E-state index contributed by atoms with van der Waals surface area (Å²) < 4.78 is 11.1. The molecule has 0 bridgehead atoms. The number of alkyl halides is 2. The summed E-state index contributed by atoms with van der Waals surface area (Å²) >= 11 is 11.2. The highest BCUT2D eigenvalue weighted by Gasteiger charge is 2.07. The van der Waals surface area contributed by atoms with E-state index in [4.69, 9.17) is 32.7 Å². The van der Waals surface area contributed by atoms with Crippen LogP contribution in [0.15, 0.2) is 0 Å². The fourth-order valence-electron chi connectivity index (χ4n) is 1.82. The van der Waals surface area contributed by atoms with Gasteiger partial charge in [0.2, 0.25) is 0 Å². The summed E-state index contributed by atoms with van der Waals surface area (Å²) in [5.74, 6) is 1.48. The minimum atomic E-state index is -0.189. The van der Waals surface area contributed by atoms with Gasteiger partial charge in [-0.25, -0.2) is 0 Å². The van der Waals surface area contributed by atoms with E-state index in [9.17, 15) is 5.11 Å². The predicted octanol–water partition coefficient (Wildman–Crippen LogP) is 3.98. The lowest BCUT2D eigenvalue weighted by Gasteiger charge is -2.15. The zero-order valence-corrected chi connectivity index (χ0v) is 14.0. The molecule has 0 saturated carbocycles. The Bertz CT molecular complexity index is 183. The fourth-order valence-corrected chi connectivity index (χ4v) is 2.20. The molecule has 0 fully saturated rings. The highest BCUT2D eigenvalue weighted by Crippen LogP contribution is 2.04. The molecule has 0 aromatic rings. The topological polar surface area (TPSA) is 38.7 Å². The van der Waals surface area contributed by atoms with Crippen molar-refractivity contribution in [3.05, 3.63) is 0 Å². The zero-order valence-electron chi connectivity index (χ0n) is 12.5. The Morgan fingerprint density at radius 2 is 1.30 bits per heavy atom. The van der Waals surface area contributed by atoms with Crippen molar-refractivity contribution >= 4 is 23.2 Å². The van der Waals surface area contributed by atoms with Crippen molar-refractivity contribution in [2.24, 2.45) is 0 Å². The number of hydrogen-bond acceptors (Lipinski definition) is 3. The molecule has 1 N–H and O–H groups in total. The molecule has 0 aliphatic carbocycles. The van der Waals surface area contributed by atoms with Crippen molar-refractivity contribution in [1.82, 2.24) is 0 Å². The summed E-state index contributed by atoms with van der Waals surface area (Å²) in [6, 6.07) is 0. The highest BCUT2D eigenvalue weighted by atomic mass is 35.5. The van der Waals surface area contributed by atoms with Gasteiger partial charge in [-0.3, -0.25) is 0 Å². The summed E-state index contributed by atoms with van der Waals surface area (Å²) in [7, 11) is 0. The summed E-state index contributed by atoms with van der Waals surface area (Å²) in [4.78, 5) is 0. The van der Waals surface area contributed by atoms with E-state index in [0.717, 1.165) is 69.7 Å². The van der Waals surface area contributed by atoms with Crippen LogP contribution in [0.3, 0.4) is 0 Å². The first-order valence-electron chi connectivity index (χ1n) is 7.77. The average Bonchev–Trinajstić information content (AvgIpc) is 2.47. The van der Waals surface area contributed by atoms with Crippen LogP contribution in [0.4, 0.5) is 0 Å². The molecule has 3 nitrogen and oxygen atoms in total. The molecule has 122 valence electrons. The van der Waals surface area contributed by atoms with Gasteiger partial charge in [0.05, 0.1) is 13.2 Å². The maximum atomic E-state index is 9.20. The first kappa shape index (κ1) is 20.5. The van der Waals surface area contributed by atoms with Crippen molar-refractivity contribution in [3.63, 3.8) is 0 Å². The van der Waals surface area contributed by atoms with Gasteiger partial charge < -0.3 is 14.6 Å². The summed E-state index contributed by atoms with van der Waals surface area (Å²) in [5, 5.41) is 9.20. The van der Waals surface area contributed by atoms with Crippen LogP contribution in [0.2, 0.25) is 0 Å². The third-order valence-corrected chi connectivity index (χ3v) is 3.60. The number of rotatable bonds is 16. The second-order valence-electron chi connectivity index (χ2n) is 4.96. The largest absolute Gasteiger partial charge is 0.394 e. The van der Waals surface area contributed by atoms with Crippen LogP contribution in [0, 0.1) is 0 Å². The summed E-state index contributed by atoms with van der Waals surface area (Å²) in [5.41, 5.74) is 0. The van der Waals surface area contributed by atoms with Crippen molar-refractivity contribution in [3.8, 4) is 0 Å². The van der Waals surface area contributed by atoms with E-state index >= 15 is 0 Å². The Hall–Kier alpha value is 0.460. The molecular weight excluding hydrogens is 299 g/mol. The van der Waals surface area contributed by atoms with Gasteiger partial charge in [-0.2, -0.15) is 0 Å². The van der Waals surface area contributed by atoms with E-state index in [-0.39, 0.29) is 12.7 Å². The van der Waals surface area contributed by atoms with Gasteiger partial charge >= 0.3 is 0 Å². The zero-order chi connectivity index (χ0) is 14.9. The third-order valence-electron chi connectivity index (χ3n) is 3.06. The lowest BCUT2D eigenvalue weighted by Crippen LogP contribution is -2.24. The third kappa shape index (κ3) is 14.9. The molecule has 5 heteroatoms. The molecule has 0 amide bonds. The van der Waals surface area contributed by atoms with Crippen molar-refractivity contribution in [1.29, 1.82) is 0 Å². The minimum absolute atomic E-state index is 0.0218. The van der Waals surface area contributed by atoms with Crippen molar-refractivity contribution < 1.29 is 14.6 Å². The molecule has 0 aliphatic heterocycles. The van der Waals surface area contributed by atoms with E-state index in [1.54, 1.807) is 0 Å². The maximum absolute atomic E-state index is 9.20. The molecule has 0 aromatic carbocycles. The molecule has 1 unspecified atom stereocenters. The van der Waals surface area contributed by atoms with Gasteiger partial charge in [0.25, 0.3) is 0 Å². The lowest BCUT2D eigenvalue weighted by atomic mass is 10.2. The molecule has 0 rings (SSSR count). The summed E-state index contributed by atoms with van der Waals surface area (Å²) in [6.07, 6.45) is 8.62. The Labute approximate surface area is 133 Å². The number of hydrogen-bond donors (Lipinski definition) is 1. The van der Waals surface area contributed by atoms with Gasteiger partial charge in [-0.1, -0.05) is 25.7 Å². The predicted molar refractivity (Wildman–Crippen MR) is 86.0 cm³/mol. The van der Waals surface area contributed by atoms with Crippen LogP contribution < -0.4 is 0 Å². The van der Waals surface area contributed by atoms with Crippen molar-refractivity contribution in [2.45, 2.75) is 57.5 Å². The Kier molecular flexibility index (Phi) is 17.9. The van der Waals surface area contributed by atoms with Gasteiger partial charge in [0.1, 0.15) is 6.10 Å². The first-order valence-corrected chi connectivity index (χ1v) is 8.84. The second-order valence-corrected chi connectivity index (χ2v) is 5.71. The average molecular weight is 329 g/mol. The molecule has 0 aliphatic rings. The van der Waals surface area contributed by atoms with Gasteiger partial charge in [-0.15, -0.1) is 23.2 Å². The lowest BCUT2D eigenvalue weighted by molar-refractivity contribution is -0.0437. The molecule has 20 heavy (non-hydrogen) atoms. The molecule has 0 heterocycles. The molecule has 0 aromatic heterocycles. The normalized spacial score (nSPS) is 12.8. The number of ether oxygens (including phenoxy) is 2. The molecule has 0 spiro atoms. The summed E-state index contributed by atoms with van der Waals surface area (Å²) in [6.45, 7) is 1.92. The molecule has 0 saturated heterocycles. The molecular formula is C15H30Cl2O3. The Balaban J connectivity index is 3.29. The SMILES string of the molecule is OCC(COCCCCCCCl)OCCCCCCCl. The first-order chi connectivity index (χ1) is 9.85. The van der Waals surface area contributed by atoms with Crippen LogP contribution in [-0.4, -0.2) is 49.4 Å². The van der Waals surface area contributed by atoms with Crippen molar-refractivity contribution in [2.75, 3.05) is 38.2 Å². The van der Waals surface area contributed by atoms with Gasteiger partial charge in [0, 0.05) is 25.0 Å². The maximum Gasteiger partial charge on any atom is 0.104 e. The van der Waals surface area contributed by atoms with Crippen LogP contribution in [0.25, 0.3) is 0 Å². The van der Waals surface area contributed by atoms with Crippen LogP contribution in [-0.2, 0) is 9.47 Å². The van der Waals surface area contributed by atoms with Gasteiger partial charge in [0.15, 0.2) is 0 Å². The fraction of sp³-hybridized carbons (Fsp3) is 1.00. The number of halogens is 2. The van der Waals surface area contributed by atoms with E-state index in [2.05, 4.69) is 0 Å². The molecule has 0 radical (unpaired) electrons. The van der Waals surface area contributed by atoms with Crippen LogP contribution in [0.5, 0.6) is 0 Å². The number of aliphatic hydroxyl groups is 1. The standard InChI is InChI=1S/C15H30Cl2O3/c16-9-5-1-3-7-11-19-14-15(13-18)20-12-8-4-2-6-10-17/h15,18H,1-14H2. The van der Waals surface area contributed by atoms with Crippen LogP contribution in [0.1, 0.15) is 51.4 Å². The van der Waals surface area contributed by atoms with E-state index in [1.165, 1.54) is 0 Å². The minimum Gasteiger partial charge on any atom is -0.394 e. The van der Waals surface area contributed by atoms with E-state index in [1.807, 2.05) is 0 Å². The smallest absolute Gasteiger partial charge is 0.104 e. The van der Waals surface area contributed by atoms with Gasteiger partial charge in [-0.05, 0) is 25.7 Å².